The average molecular weight is 302 g/mol. The first kappa shape index (κ1) is 16.6. The van der Waals surface area contributed by atoms with Crippen molar-refractivity contribution >= 4 is 21.7 Å². The summed E-state index contributed by atoms with van der Waals surface area (Å²) >= 11 is 0. The molecule has 1 rings (SSSR count). The van der Waals surface area contributed by atoms with Crippen LogP contribution in [0, 0.1) is 0 Å². The fourth-order valence-corrected chi connectivity index (χ4v) is 1.94. The van der Waals surface area contributed by atoms with E-state index in [4.69, 9.17) is 5.84 Å². The summed E-state index contributed by atoms with van der Waals surface area (Å²) in [6.45, 7) is 6.20. The number of nitrogens with one attached hydrogen (secondary N) is 3. The fourth-order valence-electron chi connectivity index (χ4n) is 1.36. The van der Waals surface area contributed by atoms with Crippen molar-refractivity contribution in [2.45, 2.75) is 26.2 Å². The fraction of sp³-hybridized carbons (Fsp3) is 0.636. The van der Waals surface area contributed by atoms with E-state index in [1.54, 1.807) is 6.07 Å². The lowest BCUT2D eigenvalue weighted by Crippen LogP contribution is -2.27. The Hall–Kier alpha value is -1.45. The van der Waals surface area contributed by atoms with Crippen molar-refractivity contribution in [1.82, 2.24) is 14.7 Å². The number of anilines is 2. The minimum absolute atomic E-state index is 0.0380. The van der Waals surface area contributed by atoms with Crippen LogP contribution in [0.2, 0.25) is 0 Å². The lowest BCUT2D eigenvalue weighted by atomic mass is 9.96. The summed E-state index contributed by atoms with van der Waals surface area (Å²) in [4.78, 5) is 8.64. The van der Waals surface area contributed by atoms with E-state index < -0.39 is 10.0 Å². The van der Waals surface area contributed by atoms with Gasteiger partial charge in [0.1, 0.15) is 17.5 Å². The van der Waals surface area contributed by atoms with Gasteiger partial charge in [-0.2, -0.15) is 0 Å². The molecule has 0 atom stereocenters. The average Bonchev–Trinajstić information content (AvgIpc) is 2.37. The second-order valence-corrected chi connectivity index (χ2v) is 7.35. The molecule has 1 aromatic rings. The molecule has 0 bridgehead atoms. The van der Waals surface area contributed by atoms with Gasteiger partial charge in [0.05, 0.1) is 5.75 Å². The van der Waals surface area contributed by atoms with Crippen molar-refractivity contribution < 1.29 is 8.42 Å². The van der Waals surface area contributed by atoms with E-state index >= 15 is 0 Å². The van der Waals surface area contributed by atoms with Gasteiger partial charge in [-0.25, -0.2) is 29.0 Å². The zero-order valence-corrected chi connectivity index (χ0v) is 13.0. The second kappa shape index (κ2) is 6.33. The zero-order chi connectivity index (χ0) is 15.4. The van der Waals surface area contributed by atoms with Gasteiger partial charge in [-0.05, 0) is 7.05 Å². The van der Waals surface area contributed by atoms with Crippen molar-refractivity contribution in [3.8, 4) is 0 Å². The third-order valence-corrected chi connectivity index (χ3v) is 3.90. The molecular formula is C11H22N6O2S. The minimum Gasteiger partial charge on any atom is -0.369 e. The number of nitrogens with two attached hydrogens (primary N) is 1. The zero-order valence-electron chi connectivity index (χ0n) is 12.2. The smallest absolute Gasteiger partial charge is 0.213 e. The Morgan fingerprint density at radius 2 is 1.85 bits per heavy atom. The Bertz CT molecular complexity index is 553. The van der Waals surface area contributed by atoms with Crippen LogP contribution in [0.15, 0.2) is 6.07 Å². The number of nitrogens with zero attached hydrogens (tertiary/aromatic N) is 2. The summed E-state index contributed by atoms with van der Waals surface area (Å²) in [7, 11) is -1.86. The van der Waals surface area contributed by atoms with E-state index in [-0.39, 0.29) is 17.7 Å². The summed E-state index contributed by atoms with van der Waals surface area (Å²) in [5, 5.41) is 2.96. The molecule has 0 unspecified atom stereocenters. The maximum atomic E-state index is 11.3. The van der Waals surface area contributed by atoms with E-state index in [0.717, 1.165) is 0 Å². The third kappa shape index (κ3) is 4.91. The van der Waals surface area contributed by atoms with Gasteiger partial charge in [-0.3, -0.25) is 0 Å². The predicted molar refractivity (Wildman–Crippen MR) is 79.9 cm³/mol. The van der Waals surface area contributed by atoms with Crippen LogP contribution in [-0.2, 0) is 15.4 Å². The second-order valence-electron chi connectivity index (χ2n) is 5.31. The van der Waals surface area contributed by atoms with Crippen molar-refractivity contribution in [2.24, 2.45) is 5.84 Å². The molecular weight excluding hydrogens is 280 g/mol. The summed E-state index contributed by atoms with van der Waals surface area (Å²) in [6.07, 6.45) is 0. The quantitative estimate of drug-likeness (QED) is 0.431. The summed E-state index contributed by atoms with van der Waals surface area (Å²) in [5.41, 5.74) is 2.24. The Labute approximate surface area is 119 Å². The van der Waals surface area contributed by atoms with Crippen LogP contribution >= 0.6 is 0 Å². The van der Waals surface area contributed by atoms with Crippen LogP contribution in [-0.4, -0.2) is 37.7 Å². The molecule has 114 valence electrons. The van der Waals surface area contributed by atoms with Crippen LogP contribution in [0.3, 0.4) is 0 Å². The Morgan fingerprint density at radius 3 is 2.35 bits per heavy atom. The molecule has 0 aromatic carbocycles. The normalized spacial score (nSPS) is 12.2. The van der Waals surface area contributed by atoms with Gasteiger partial charge in [-0.15, -0.1) is 0 Å². The summed E-state index contributed by atoms with van der Waals surface area (Å²) < 4.78 is 24.9. The number of aromatic nitrogens is 2. The number of nitrogen functional groups attached to an aromatic ring is 1. The molecule has 0 spiro atoms. The Kier molecular flexibility index (Phi) is 5.26. The summed E-state index contributed by atoms with van der Waals surface area (Å²) in [5.74, 6) is 6.96. The van der Waals surface area contributed by atoms with Crippen LogP contribution in [0.1, 0.15) is 26.6 Å². The van der Waals surface area contributed by atoms with E-state index in [9.17, 15) is 8.42 Å². The highest BCUT2D eigenvalue weighted by Crippen LogP contribution is 2.21. The predicted octanol–water partition coefficient (Wildman–Crippen LogP) is 0.0208. The van der Waals surface area contributed by atoms with Crippen molar-refractivity contribution in [1.29, 1.82) is 0 Å². The molecule has 0 saturated heterocycles. The maximum Gasteiger partial charge on any atom is 0.213 e. The molecule has 0 amide bonds. The molecule has 5 N–H and O–H groups in total. The molecule has 0 saturated carbocycles. The topological polar surface area (TPSA) is 122 Å². The maximum absolute atomic E-state index is 11.3. The molecule has 9 heteroatoms. The summed E-state index contributed by atoms with van der Waals surface area (Å²) in [6, 6.07) is 1.63. The first-order valence-corrected chi connectivity index (χ1v) is 7.84. The highest BCUT2D eigenvalue weighted by atomic mass is 32.2. The van der Waals surface area contributed by atoms with Crippen molar-refractivity contribution in [3.63, 3.8) is 0 Å². The Balaban J connectivity index is 2.85. The standard InChI is InChI=1S/C11H22N6O2S/c1-11(2,3)10-15-8(7-9(16-10)17-12)14-5-6-20(18,19)13-4/h7,13H,5-6,12H2,1-4H3,(H2,14,15,16,17). The van der Waals surface area contributed by atoms with Crippen LogP contribution in [0.5, 0.6) is 0 Å². The van der Waals surface area contributed by atoms with Crippen LogP contribution in [0.4, 0.5) is 11.6 Å². The molecule has 1 heterocycles. The van der Waals surface area contributed by atoms with Gasteiger partial charge >= 0.3 is 0 Å². The third-order valence-electron chi connectivity index (χ3n) is 2.53. The van der Waals surface area contributed by atoms with Gasteiger partial charge in [0.2, 0.25) is 10.0 Å². The number of sulfonamides is 1. The molecule has 1 aromatic heterocycles. The molecule has 8 nitrogen and oxygen atoms in total. The first-order chi connectivity index (χ1) is 9.18. The SMILES string of the molecule is CNS(=O)(=O)CCNc1cc(NN)nc(C(C)(C)C)n1. The largest absolute Gasteiger partial charge is 0.369 e. The van der Waals surface area contributed by atoms with Crippen LogP contribution < -0.4 is 21.3 Å². The first-order valence-electron chi connectivity index (χ1n) is 6.19. The molecule has 20 heavy (non-hydrogen) atoms. The minimum atomic E-state index is -3.24. The number of hydrogen-bond acceptors (Lipinski definition) is 7. The van der Waals surface area contributed by atoms with Gasteiger partial charge in [0.15, 0.2) is 0 Å². The van der Waals surface area contributed by atoms with Crippen molar-refractivity contribution in [2.75, 3.05) is 30.1 Å². The number of rotatable bonds is 6. The molecule has 0 fully saturated rings. The number of hydrogen-bond donors (Lipinski definition) is 4. The van der Waals surface area contributed by atoms with Gasteiger partial charge in [0.25, 0.3) is 0 Å². The van der Waals surface area contributed by atoms with E-state index in [2.05, 4.69) is 25.4 Å². The van der Waals surface area contributed by atoms with E-state index in [1.807, 2.05) is 20.8 Å². The van der Waals surface area contributed by atoms with E-state index in [0.29, 0.717) is 17.5 Å². The lowest BCUT2D eigenvalue weighted by molar-refractivity contribution is 0.546. The van der Waals surface area contributed by atoms with Crippen LogP contribution in [0.25, 0.3) is 0 Å². The van der Waals surface area contributed by atoms with E-state index in [1.165, 1.54) is 7.05 Å². The highest BCUT2D eigenvalue weighted by molar-refractivity contribution is 7.89. The molecule has 0 aliphatic carbocycles. The van der Waals surface area contributed by atoms with Gasteiger partial charge in [-0.1, -0.05) is 20.8 Å². The Morgan fingerprint density at radius 1 is 1.25 bits per heavy atom. The highest BCUT2D eigenvalue weighted by Gasteiger charge is 2.19. The van der Waals surface area contributed by atoms with Crippen molar-refractivity contribution in [3.05, 3.63) is 11.9 Å². The molecule has 0 aliphatic heterocycles. The monoisotopic (exact) mass is 302 g/mol. The van der Waals surface area contributed by atoms with Gasteiger partial charge < -0.3 is 10.7 Å². The molecule has 0 radical (unpaired) electrons. The molecule has 0 aliphatic rings. The lowest BCUT2D eigenvalue weighted by Gasteiger charge is -2.18. The number of hydrazine groups is 1. The van der Waals surface area contributed by atoms with Gasteiger partial charge in [0, 0.05) is 18.0 Å².